The first-order valence-electron chi connectivity index (χ1n) is 7.60. The maximum Gasteiger partial charge on any atom is 0.0415 e. The van der Waals surface area contributed by atoms with Crippen molar-refractivity contribution in [1.82, 2.24) is 5.32 Å². The molecule has 0 saturated heterocycles. The molecule has 0 saturated carbocycles. The first-order chi connectivity index (χ1) is 10.1. The van der Waals surface area contributed by atoms with E-state index < -0.39 is 0 Å². The topological polar surface area (TPSA) is 12.0 Å². The van der Waals surface area contributed by atoms with Gasteiger partial charge in [0.2, 0.25) is 0 Å². The van der Waals surface area contributed by atoms with E-state index in [1.165, 1.54) is 27.1 Å². The zero-order chi connectivity index (χ0) is 15.2. The molecule has 0 spiro atoms. The Morgan fingerprint density at radius 2 is 1.67 bits per heavy atom. The monoisotopic (exact) mass is 299 g/mol. The van der Waals surface area contributed by atoms with Gasteiger partial charge in [-0.2, -0.15) is 0 Å². The van der Waals surface area contributed by atoms with Crippen molar-refractivity contribution in [3.05, 3.63) is 64.7 Å². The Hall–Kier alpha value is -1.25. The van der Waals surface area contributed by atoms with Crippen LogP contribution in [0.4, 0.5) is 0 Å². The van der Waals surface area contributed by atoms with E-state index in [9.17, 15) is 0 Å². The summed E-state index contributed by atoms with van der Waals surface area (Å²) < 4.78 is 0. The number of thioether (sulfide) groups is 1. The smallest absolute Gasteiger partial charge is 0.0415 e. The van der Waals surface area contributed by atoms with Crippen LogP contribution < -0.4 is 5.32 Å². The fourth-order valence-electron chi connectivity index (χ4n) is 2.31. The van der Waals surface area contributed by atoms with Crippen molar-refractivity contribution >= 4 is 11.8 Å². The van der Waals surface area contributed by atoms with Crippen LogP contribution in [0.25, 0.3) is 0 Å². The van der Waals surface area contributed by atoms with E-state index in [-0.39, 0.29) is 0 Å². The van der Waals surface area contributed by atoms with Crippen LogP contribution in [0.15, 0.2) is 47.4 Å². The van der Waals surface area contributed by atoms with Gasteiger partial charge in [0, 0.05) is 16.7 Å². The highest BCUT2D eigenvalue weighted by Gasteiger charge is 2.11. The van der Waals surface area contributed by atoms with Gasteiger partial charge in [0.25, 0.3) is 0 Å². The lowest BCUT2D eigenvalue weighted by Gasteiger charge is -2.19. The number of hydrogen-bond donors (Lipinski definition) is 1. The largest absolute Gasteiger partial charge is 0.309 e. The lowest BCUT2D eigenvalue weighted by molar-refractivity contribution is 0.605. The second kappa shape index (κ2) is 7.67. The van der Waals surface area contributed by atoms with Crippen molar-refractivity contribution in [2.45, 2.75) is 38.6 Å². The third-order valence-electron chi connectivity index (χ3n) is 3.82. The van der Waals surface area contributed by atoms with E-state index in [1.807, 2.05) is 11.8 Å². The van der Waals surface area contributed by atoms with Crippen LogP contribution in [0, 0.1) is 20.8 Å². The van der Waals surface area contributed by atoms with Crippen molar-refractivity contribution in [1.29, 1.82) is 0 Å². The number of nitrogens with one attached hydrogen (secondary N) is 1. The Morgan fingerprint density at radius 1 is 0.952 bits per heavy atom. The molecule has 1 atom stereocenters. The van der Waals surface area contributed by atoms with Gasteiger partial charge < -0.3 is 5.32 Å². The normalized spacial score (nSPS) is 12.4. The predicted octanol–water partition coefficient (Wildman–Crippen LogP) is 5.05. The van der Waals surface area contributed by atoms with Gasteiger partial charge in [-0.05, 0) is 56.1 Å². The van der Waals surface area contributed by atoms with Gasteiger partial charge in [-0.1, -0.05) is 42.8 Å². The van der Waals surface area contributed by atoms with E-state index in [0.717, 1.165) is 12.3 Å². The van der Waals surface area contributed by atoms with E-state index in [4.69, 9.17) is 0 Å². The zero-order valence-electron chi connectivity index (χ0n) is 13.4. The Balaban J connectivity index is 2.07. The third kappa shape index (κ3) is 4.62. The van der Waals surface area contributed by atoms with Gasteiger partial charge in [-0.25, -0.2) is 0 Å². The first-order valence-corrected chi connectivity index (χ1v) is 8.58. The third-order valence-corrected chi connectivity index (χ3v) is 4.93. The lowest BCUT2D eigenvalue weighted by atomic mass is 10.0. The number of benzene rings is 2. The zero-order valence-corrected chi connectivity index (χ0v) is 14.3. The molecule has 2 rings (SSSR count). The Kier molecular flexibility index (Phi) is 5.89. The average Bonchev–Trinajstić information content (AvgIpc) is 2.48. The van der Waals surface area contributed by atoms with Crippen LogP contribution in [0.1, 0.15) is 35.2 Å². The molecule has 0 bridgehead atoms. The fourth-order valence-corrected chi connectivity index (χ4v) is 3.31. The SMILES string of the molecule is CCNC(CSc1ccc(C)cc1)c1ccc(C)c(C)c1. The maximum atomic E-state index is 3.61. The molecule has 0 aliphatic heterocycles. The molecule has 1 unspecified atom stereocenters. The molecule has 112 valence electrons. The molecule has 1 nitrogen and oxygen atoms in total. The highest BCUT2D eigenvalue weighted by atomic mass is 32.2. The van der Waals surface area contributed by atoms with Gasteiger partial charge >= 0.3 is 0 Å². The average molecular weight is 299 g/mol. The van der Waals surface area contributed by atoms with Gasteiger partial charge in [0.15, 0.2) is 0 Å². The highest BCUT2D eigenvalue weighted by molar-refractivity contribution is 7.99. The second-order valence-corrected chi connectivity index (χ2v) is 6.67. The molecule has 21 heavy (non-hydrogen) atoms. The van der Waals surface area contributed by atoms with Crippen molar-refractivity contribution in [3.63, 3.8) is 0 Å². The summed E-state index contributed by atoms with van der Waals surface area (Å²) in [5.41, 5.74) is 5.44. The summed E-state index contributed by atoms with van der Waals surface area (Å²) in [6.45, 7) is 9.65. The molecule has 0 aliphatic carbocycles. The molecule has 0 aromatic heterocycles. The maximum absolute atomic E-state index is 3.61. The molecule has 0 radical (unpaired) electrons. The standard InChI is InChI=1S/C19H25NS/c1-5-20-19(17-9-8-15(3)16(4)12-17)13-21-18-10-6-14(2)7-11-18/h6-12,19-20H,5,13H2,1-4H3. The van der Waals surface area contributed by atoms with E-state index >= 15 is 0 Å². The van der Waals surface area contributed by atoms with E-state index in [0.29, 0.717) is 6.04 Å². The molecule has 2 aromatic rings. The molecular weight excluding hydrogens is 274 g/mol. The van der Waals surface area contributed by atoms with Gasteiger partial charge in [0.1, 0.15) is 0 Å². The van der Waals surface area contributed by atoms with Crippen molar-refractivity contribution in [2.75, 3.05) is 12.3 Å². The van der Waals surface area contributed by atoms with Gasteiger partial charge in [-0.15, -0.1) is 11.8 Å². The van der Waals surface area contributed by atoms with E-state index in [2.05, 4.69) is 75.5 Å². The number of hydrogen-bond acceptors (Lipinski definition) is 2. The number of rotatable bonds is 6. The van der Waals surface area contributed by atoms with Crippen molar-refractivity contribution in [3.8, 4) is 0 Å². The van der Waals surface area contributed by atoms with Crippen LogP contribution in [-0.2, 0) is 0 Å². The van der Waals surface area contributed by atoms with Gasteiger partial charge in [0.05, 0.1) is 0 Å². The summed E-state index contributed by atoms with van der Waals surface area (Å²) in [4.78, 5) is 1.34. The molecule has 0 amide bonds. The minimum atomic E-state index is 0.403. The Bertz CT molecular complexity index is 575. The summed E-state index contributed by atoms with van der Waals surface area (Å²) >= 11 is 1.92. The molecule has 0 heterocycles. The van der Waals surface area contributed by atoms with Crippen LogP contribution in [-0.4, -0.2) is 12.3 Å². The number of aryl methyl sites for hydroxylation is 3. The summed E-state index contributed by atoms with van der Waals surface area (Å²) in [6.07, 6.45) is 0. The summed E-state index contributed by atoms with van der Waals surface area (Å²) in [7, 11) is 0. The van der Waals surface area contributed by atoms with Crippen molar-refractivity contribution < 1.29 is 0 Å². The summed E-state index contributed by atoms with van der Waals surface area (Å²) in [5, 5.41) is 3.61. The quantitative estimate of drug-likeness (QED) is 0.749. The fraction of sp³-hybridized carbons (Fsp3) is 0.368. The molecule has 0 aliphatic rings. The highest BCUT2D eigenvalue weighted by Crippen LogP contribution is 2.26. The van der Waals surface area contributed by atoms with Crippen LogP contribution in [0.3, 0.4) is 0 Å². The predicted molar refractivity (Wildman–Crippen MR) is 94.2 cm³/mol. The summed E-state index contributed by atoms with van der Waals surface area (Å²) in [6, 6.07) is 16.0. The first kappa shape index (κ1) is 16.1. The molecule has 1 N–H and O–H groups in total. The summed E-state index contributed by atoms with van der Waals surface area (Å²) in [5.74, 6) is 1.05. The molecule has 0 fully saturated rings. The Morgan fingerprint density at radius 3 is 2.29 bits per heavy atom. The van der Waals surface area contributed by atoms with Crippen LogP contribution >= 0.6 is 11.8 Å². The minimum Gasteiger partial charge on any atom is -0.309 e. The van der Waals surface area contributed by atoms with Crippen LogP contribution in [0.2, 0.25) is 0 Å². The molecule has 2 aromatic carbocycles. The van der Waals surface area contributed by atoms with E-state index in [1.54, 1.807) is 0 Å². The molecule has 2 heteroatoms. The van der Waals surface area contributed by atoms with Gasteiger partial charge in [-0.3, -0.25) is 0 Å². The van der Waals surface area contributed by atoms with Crippen molar-refractivity contribution in [2.24, 2.45) is 0 Å². The van der Waals surface area contributed by atoms with Crippen LogP contribution in [0.5, 0.6) is 0 Å². The lowest BCUT2D eigenvalue weighted by Crippen LogP contribution is -2.23. The molecular formula is C19H25NS. The minimum absolute atomic E-state index is 0.403. The Labute approximate surface area is 133 Å². The second-order valence-electron chi connectivity index (χ2n) is 5.58.